The fourth-order valence-corrected chi connectivity index (χ4v) is 2.17. The molecule has 1 heterocycles. The van der Waals surface area contributed by atoms with Crippen LogP contribution in [-0.4, -0.2) is 10.1 Å². The summed E-state index contributed by atoms with van der Waals surface area (Å²) in [6.45, 7) is 2.23. The summed E-state index contributed by atoms with van der Waals surface area (Å²) in [6, 6.07) is 2.85. The second-order valence-electron chi connectivity index (χ2n) is 4.95. The highest BCUT2D eigenvalue weighted by Crippen LogP contribution is 2.11. The number of hydrogen-bond acceptors (Lipinski definition) is 2. The van der Waals surface area contributed by atoms with Crippen LogP contribution in [0.2, 0.25) is 0 Å². The van der Waals surface area contributed by atoms with Crippen molar-refractivity contribution in [3.63, 3.8) is 0 Å². The summed E-state index contributed by atoms with van der Waals surface area (Å²) in [5.74, 6) is 0.0633. The first-order valence-corrected chi connectivity index (χ1v) is 7.14. The fraction of sp³-hybridized carbons (Fsp3) is 0.667. The Bertz CT molecular complexity index is 384. The van der Waals surface area contributed by atoms with Crippen molar-refractivity contribution in [1.29, 1.82) is 0 Å². The summed E-state index contributed by atoms with van der Waals surface area (Å²) in [6.07, 6.45) is 11.1. The van der Waals surface area contributed by atoms with Crippen LogP contribution in [0, 0.1) is 0 Å². The van der Waals surface area contributed by atoms with E-state index in [1.54, 1.807) is 6.07 Å². The fourth-order valence-electron chi connectivity index (χ4n) is 2.17. The molecule has 0 aliphatic carbocycles. The number of hydrogen-bond donors (Lipinski definition) is 2. The zero-order valence-corrected chi connectivity index (χ0v) is 11.4. The lowest BCUT2D eigenvalue weighted by Crippen LogP contribution is -2.06. The second-order valence-corrected chi connectivity index (χ2v) is 4.95. The smallest absolute Gasteiger partial charge is 0.251 e. The van der Waals surface area contributed by atoms with Gasteiger partial charge in [-0.15, -0.1) is 0 Å². The molecule has 18 heavy (non-hydrogen) atoms. The minimum atomic E-state index is -0.218. The van der Waals surface area contributed by atoms with Gasteiger partial charge in [0.25, 0.3) is 5.56 Å². The van der Waals surface area contributed by atoms with Crippen molar-refractivity contribution in [2.24, 2.45) is 0 Å². The SMILES string of the molecule is CCCCCCCCCCc1cc(O)cc(=O)[nH]1. The Balaban J connectivity index is 2.09. The summed E-state index contributed by atoms with van der Waals surface area (Å²) in [7, 11) is 0. The van der Waals surface area contributed by atoms with E-state index in [1.807, 2.05) is 0 Å². The van der Waals surface area contributed by atoms with Gasteiger partial charge >= 0.3 is 0 Å². The van der Waals surface area contributed by atoms with Crippen molar-refractivity contribution in [3.8, 4) is 5.75 Å². The van der Waals surface area contributed by atoms with Gasteiger partial charge in [-0.1, -0.05) is 51.9 Å². The number of nitrogens with one attached hydrogen (secondary N) is 1. The largest absolute Gasteiger partial charge is 0.508 e. The lowest BCUT2D eigenvalue weighted by Gasteiger charge is -2.03. The van der Waals surface area contributed by atoms with Crippen LogP contribution in [-0.2, 0) is 6.42 Å². The van der Waals surface area contributed by atoms with E-state index < -0.39 is 0 Å². The minimum Gasteiger partial charge on any atom is -0.508 e. The predicted octanol–water partition coefficient (Wildman–Crippen LogP) is 3.76. The summed E-state index contributed by atoms with van der Waals surface area (Å²) >= 11 is 0. The van der Waals surface area contributed by atoms with E-state index >= 15 is 0 Å². The Morgan fingerprint density at radius 2 is 1.61 bits per heavy atom. The first-order chi connectivity index (χ1) is 8.72. The number of H-pyrrole nitrogens is 1. The van der Waals surface area contributed by atoms with E-state index in [2.05, 4.69) is 11.9 Å². The molecule has 0 aliphatic heterocycles. The Morgan fingerprint density at radius 1 is 1.00 bits per heavy atom. The molecule has 0 saturated carbocycles. The van der Waals surface area contributed by atoms with Crippen LogP contribution >= 0.6 is 0 Å². The van der Waals surface area contributed by atoms with E-state index in [-0.39, 0.29) is 11.3 Å². The number of pyridine rings is 1. The molecule has 0 saturated heterocycles. The normalized spacial score (nSPS) is 10.7. The molecule has 0 fully saturated rings. The molecule has 0 atom stereocenters. The maximum Gasteiger partial charge on any atom is 0.251 e. The molecule has 0 unspecified atom stereocenters. The van der Waals surface area contributed by atoms with Gasteiger partial charge in [-0.2, -0.15) is 0 Å². The molecule has 0 aromatic carbocycles. The molecule has 0 aliphatic rings. The van der Waals surface area contributed by atoms with Gasteiger partial charge in [0.1, 0.15) is 5.75 Å². The predicted molar refractivity (Wildman–Crippen MR) is 75.0 cm³/mol. The summed E-state index contributed by atoms with van der Waals surface area (Å²) in [5, 5.41) is 9.30. The molecule has 3 heteroatoms. The van der Waals surface area contributed by atoms with E-state index in [4.69, 9.17) is 0 Å². The van der Waals surface area contributed by atoms with Gasteiger partial charge in [-0.25, -0.2) is 0 Å². The Kier molecular flexibility index (Phi) is 7.23. The van der Waals surface area contributed by atoms with Crippen LogP contribution in [0.5, 0.6) is 5.75 Å². The third kappa shape index (κ3) is 6.48. The van der Waals surface area contributed by atoms with Crippen LogP contribution < -0.4 is 5.56 Å². The molecular formula is C15H25NO2. The van der Waals surface area contributed by atoms with Gasteiger partial charge < -0.3 is 10.1 Å². The number of rotatable bonds is 9. The molecule has 0 amide bonds. The maximum absolute atomic E-state index is 11.1. The highest BCUT2D eigenvalue weighted by Gasteiger charge is 1.98. The van der Waals surface area contributed by atoms with Gasteiger partial charge in [-0.05, 0) is 18.9 Å². The van der Waals surface area contributed by atoms with Crippen molar-refractivity contribution in [3.05, 3.63) is 28.2 Å². The standard InChI is InChI=1S/C15H25NO2/c1-2-3-4-5-6-7-8-9-10-13-11-14(17)12-15(18)16-13/h11-12H,2-10H2,1H3,(H2,16,17,18). The number of aryl methyl sites for hydroxylation is 1. The van der Waals surface area contributed by atoms with Crippen molar-refractivity contribution < 1.29 is 5.11 Å². The number of aromatic nitrogens is 1. The third-order valence-corrected chi connectivity index (χ3v) is 3.18. The van der Waals surface area contributed by atoms with Crippen molar-refractivity contribution in [2.45, 2.75) is 64.7 Å². The Labute approximate surface area is 109 Å². The van der Waals surface area contributed by atoms with Gasteiger partial charge in [0.15, 0.2) is 0 Å². The first kappa shape index (κ1) is 14.8. The van der Waals surface area contributed by atoms with Gasteiger partial charge in [0, 0.05) is 11.8 Å². The van der Waals surface area contributed by atoms with Gasteiger partial charge in [-0.3, -0.25) is 4.79 Å². The number of aromatic amines is 1. The quantitative estimate of drug-likeness (QED) is 0.656. The molecule has 0 bridgehead atoms. The molecule has 1 aromatic rings. The van der Waals surface area contributed by atoms with Crippen molar-refractivity contribution >= 4 is 0 Å². The van der Waals surface area contributed by atoms with E-state index in [1.165, 1.54) is 51.0 Å². The Morgan fingerprint density at radius 3 is 2.22 bits per heavy atom. The molecule has 102 valence electrons. The zero-order valence-electron chi connectivity index (χ0n) is 11.4. The molecule has 1 rings (SSSR count). The number of unbranched alkanes of at least 4 members (excludes halogenated alkanes) is 7. The second kappa shape index (κ2) is 8.78. The third-order valence-electron chi connectivity index (χ3n) is 3.18. The monoisotopic (exact) mass is 251 g/mol. The average Bonchev–Trinajstić information content (AvgIpc) is 2.31. The van der Waals surface area contributed by atoms with E-state index in [9.17, 15) is 9.90 Å². The topological polar surface area (TPSA) is 53.1 Å². The maximum atomic E-state index is 11.1. The van der Waals surface area contributed by atoms with Crippen molar-refractivity contribution in [1.82, 2.24) is 4.98 Å². The molecule has 2 N–H and O–H groups in total. The first-order valence-electron chi connectivity index (χ1n) is 7.14. The lowest BCUT2D eigenvalue weighted by atomic mass is 10.1. The lowest BCUT2D eigenvalue weighted by molar-refractivity contribution is 0.472. The van der Waals surface area contributed by atoms with Gasteiger partial charge in [0.2, 0.25) is 0 Å². The number of aromatic hydroxyl groups is 1. The molecule has 0 spiro atoms. The zero-order chi connectivity index (χ0) is 13.2. The van der Waals surface area contributed by atoms with Crippen LogP contribution in [0.3, 0.4) is 0 Å². The summed E-state index contributed by atoms with van der Waals surface area (Å²) < 4.78 is 0. The molecular weight excluding hydrogens is 226 g/mol. The van der Waals surface area contributed by atoms with Gasteiger partial charge in [0.05, 0.1) is 0 Å². The molecule has 0 radical (unpaired) electrons. The van der Waals surface area contributed by atoms with Crippen LogP contribution in [0.25, 0.3) is 0 Å². The highest BCUT2D eigenvalue weighted by molar-refractivity contribution is 5.20. The van der Waals surface area contributed by atoms with Crippen molar-refractivity contribution in [2.75, 3.05) is 0 Å². The van der Waals surface area contributed by atoms with E-state index in [0.29, 0.717) is 0 Å². The van der Waals surface area contributed by atoms with E-state index in [0.717, 1.165) is 18.5 Å². The molecule has 3 nitrogen and oxygen atoms in total. The minimum absolute atomic E-state index is 0.0633. The molecule has 1 aromatic heterocycles. The summed E-state index contributed by atoms with van der Waals surface area (Å²) in [4.78, 5) is 13.9. The highest BCUT2D eigenvalue weighted by atomic mass is 16.3. The average molecular weight is 251 g/mol. The summed E-state index contributed by atoms with van der Waals surface area (Å²) in [5.41, 5.74) is 0.621. The Hall–Kier alpha value is -1.25. The van der Waals surface area contributed by atoms with Crippen LogP contribution in [0.4, 0.5) is 0 Å². The van der Waals surface area contributed by atoms with Crippen LogP contribution in [0.1, 0.15) is 64.0 Å². The van der Waals surface area contributed by atoms with Crippen LogP contribution in [0.15, 0.2) is 16.9 Å².